The first kappa shape index (κ1) is 15.3. The molecule has 6 nitrogen and oxygen atoms in total. The van der Waals surface area contributed by atoms with Crippen molar-refractivity contribution >= 4 is 17.6 Å². The number of anilines is 1. The first-order chi connectivity index (χ1) is 10.0. The molecule has 0 spiro atoms. The number of aromatic nitrogens is 1. The topological polar surface area (TPSA) is 65.5 Å². The van der Waals surface area contributed by atoms with Gasteiger partial charge in [0.05, 0.1) is 0 Å². The Kier molecular flexibility index (Phi) is 4.77. The van der Waals surface area contributed by atoms with E-state index < -0.39 is 11.8 Å². The van der Waals surface area contributed by atoms with Gasteiger partial charge in [0.25, 0.3) is 0 Å². The summed E-state index contributed by atoms with van der Waals surface area (Å²) in [7, 11) is 0. The predicted octanol–water partition coefficient (Wildman–Crippen LogP) is 1.09. The number of amides is 2. The molecule has 2 rings (SSSR count). The maximum absolute atomic E-state index is 12.1. The van der Waals surface area contributed by atoms with E-state index in [-0.39, 0.29) is 6.04 Å². The Labute approximate surface area is 125 Å². The van der Waals surface area contributed by atoms with Crippen LogP contribution in [0, 0.1) is 0 Å². The smallest absolute Gasteiger partial charge is 0.312 e. The average Bonchev–Trinajstić information content (AvgIpc) is 2.46. The minimum absolute atomic E-state index is 0.0599. The van der Waals surface area contributed by atoms with Gasteiger partial charge in [-0.1, -0.05) is 6.07 Å². The molecule has 1 fully saturated rings. The summed E-state index contributed by atoms with van der Waals surface area (Å²) in [5, 5.41) is 3.12. The van der Waals surface area contributed by atoms with Gasteiger partial charge in [-0.25, -0.2) is 4.98 Å². The van der Waals surface area contributed by atoms with Gasteiger partial charge in [-0.15, -0.1) is 0 Å². The van der Waals surface area contributed by atoms with Crippen LogP contribution < -0.4 is 5.32 Å². The van der Waals surface area contributed by atoms with E-state index in [1.165, 1.54) is 0 Å². The second-order valence-electron chi connectivity index (χ2n) is 5.40. The van der Waals surface area contributed by atoms with E-state index in [0.29, 0.717) is 19.6 Å². The number of hydrogen-bond acceptors (Lipinski definition) is 4. The highest BCUT2D eigenvalue weighted by molar-refractivity contribution is 6.35. The Hall–Kier alpha value is -2.11. The van der Waals surface area contributed by atoms with E-state index in [1.807, 2.05) is 32.9 Å². The molecule has 0 saturated carbocycles. The van der Waals surface area contributed by atoms with Crippen LogP contribution in [0.4, 0.5) is 5.82 Å². The van der Waals surface area contributed by atoms with Crippen LogP contribution in [0.15, 0.2) is 18.3 Å². The Bertz CT molecular complexity index is 513. The SMILES string of the molecule is CCNc1ccc(CN2CCN(C(C)C)C(=O)C2=O)cn1. The lowest BCUT2D eigenvalue weighted by Gasteiger charge is -2.36. The molecule has 0 atom stereocenters. The molecular formula is C15H22N4O2. The van der Waals surface area contributed by atoms with Gasteiger partial charge in [-0.2, -0.15) is 0 Å². The molecule has 1 aliphatic rings. The molecule has 0 aliphatic carbocycles. The Morgan fingerprint density at radius 1 is 1.24 bits per heavy atom. The molecule has 1 aromatic rings. The van der Waals surface area contributed by atoms with Crippen molar-refractivity contribution in [3.05, 3.63) is 23.9 Å². The molecule has 114 valence electrons. The second kappa shape index (κ2) is 6.56. The lowest BCUT2D eigenvalue weighted by atomic mass is 10.2. The standard InChI is InChI=1S/C15H22N4O2/c1-4-16-13-6-5-12(9-17-13)10-18-7-8-19(11(2)3)15(21)14(18)20/h5-6,9,11H,4,7-8,10H2,1-3H3,(H,16,17). The molecule has 0 aromatic carbocycles. The van der Waals surface area contributed by atoms with Crippen LogP contribution >= 0.6 is 0 Å². The van der Waals surface area contributed by atoms with Gasteiger partial charge < -0.3 is 15.1 Å². The minimum Gasteiger partial charge on any atom is -0.370 e. The summed E-state index contributed by atoms with van der Waals surface area (Å²) in [6.07, 6.45) is 1.74. The molecular weight excluding hydrogens is 268 g/mol. The van der Waals surface area contributed by atoms with Gasteiger partial charge in [-0.3, -0.25) is 9.59 Å². The molecule has 0 bridgehead atoms. The maximum atomic E-state index is 12.1. The van der Waals surface area contributed by atoms with Crippen molar-refractivity contribution in [3.8, 4) is 0 Å². The highest BCUT2D eigenvalue weighted by Gasteiger charge is 2.33. The van der Waals surface area contributed by atoms with Gasteiger partial charge in [0.1, 0.15) is 5.82 Å². The highest BCUT2D eigenvalue weighted by Crippen LogP contribution is 2.13. The lowest BCUT2D eigenvalue weighted by Crippen LogP contribution is -2.55. The zero-order valence-electron chi connectivity index (χ0n) is 12.8. The zero-order valence-corrected chi connectivity index (χ0v) is 12.8. The fourth-order valence-electron chi connectivity index (χ4n) is 2.36. The third-order valence-electron chi connectivity index (χ3n) is 3.52. The van der Waals surface area contributed by atoms with Crippen LogP contribution in [0.5, 0.6) is 0 Å². The number of nitrogens with one attached hydrogen (secondary N) is 1. The number of piperazine rings is 1. The molecule has 1 aliphatic heterocycles. The van der Waals surface area contributed by atoms with Gasteiger partial charge >= 0.3 is 11.8 Å². The maximum Gasteiger partial charge on any atom is 0.312 e. The molecule has 1 N–H and O–H groups in total. The third kappa shape index (κ3) is 3.51. The summed E-state index contributed by atoms with van der Waals surface area (Å²) in [6.45, 7) is 8.25. The Morgan fingerprint density at radius 2 is 2.00 bits per heavy atom. The lowest BCUT2D eigenvalue weighted by molar-refractivity contribution is -0.157. The van der Waals surface area contributed by atoms with Crippen LogP contribution in [0.3, 0.4) is 0 Å². The van der Waals surface area contributed by atoms with E-state index in [4.69, 9.17) is 0 Å². The second-order valence-corrected chi connectivity index (χ2v) is 5.40. The van der Waals surface area contributed by atoms with Crippen molar-refractivity contribution < 1.29 is 9.59 Å². The van der Waals surface area contributed by atoms with E-state index in [9.17, 15) is 9.59 Å². The molecule has 0 radical (unpaired) electrons. The van der Waals surface area contributed by atoms with Crippen LogP contribution in [-0.4, -0.2) is 52.3 Å². The van der Waals surface area contributed by atoms with Gasteiger partial charge in [-0.05, 0) is 32.4 Å². The average molecular weight is 290 g/mol. The van der Waals surface area contributed by atoms with Crippen LogP contribution in [0.25, 0.3) is 0 Å². The summed E-state index contributed by atoms with van der Waals surface area (Å²) >= 11 is 0. The van der Waals surface area contributed by atoms with Gasteiger partial charge in [0.2, 0.25) is 0 Å². The van der Waals surface area contributed by atoms with E-state index in [0.717, 1.165) is 17.9 Å². The molecule has 6 heteroatoms. The Morgan fingerprint density at radius 3 is 2.57 bits per heavy atom. The van der Waals surface area contributed by atoms with Crippen LogP contribution in [-0.2, 0) is 16.1 Å². The van der Waals surface area contributed by atoms with Gasteiger partial charge in [0.15, 0.2) is 0 Å². The third-order valence-corrected chi connectivity index (χ3v) is 3.52. The molecule has 1 aromatic heterocycles. The summed E-state index contributed by atoms with van der Waals surface area (Å²) in [5.74, 6) is -0.0209. The number of carbonyl (C=O) groups excluding carboxylic acids is 2. The molecule has 21 heavy (non-hydrogen) atoms. The minimum atomic E-state index is -0.425. The fraction of sp³-hybridized carbons (Fsp3) is 0.533. The highest BCUT2D eigenvalue weighted by atomic mass is 16.2. The normalized spacial score (nSPS) is 15.8. The zero-order chi connectivity index (χ0) is 15.4. The summed E-state index contributed by atoms with van der Waals surface area (Å²) < 4.78 is 0. The van der Waals surface area contributed by atoms with Crippen LogP contribution in [0.2, 0.25) is 0 Å². The summed E-state index contributed by atoms with van der Waals surface area (Å²) in [6, 6.07) is 3.87. The van der Waals surface area contributed by atoms with Crippen LogP contribution in [0.1, 0.15) is 26.3 Å². The number of nitrogens with zero attached hydrogens (tertiary/aromatic N) is 3. The van der Waals surface area contributed by atoms with Gasteiger partial charge in [0, 0.05) is 38.4 Å². The first-order valence-electron chi connectivity index (χ1n) is 7.31. The molecule has 0 unspecified atom stereocenters. The van der Waals surface area contributed by atoms with E-state index in [2.05, 4.69) is 10.3 Å². The predicted molar refractivity (Wildman–Crippen MR) is 80.7 cm³/mol. The first-order valence-corrected chi connectivity index (χ1v) is 7.31. The largest absolute Gasteiger partial charge is 0.370 e. The number of pyridine rings is 1. The van der Waals surface area contributed by atoms with Crippen molar-refractivity contribution in [1.82, 2.24) is 14.8 Å². The van der Waals surface area contributed by atoms with Crippen molar-refractivity contribution in [1.29, 1.82) is 0 Å². The monoisotopic (exact) mass is 290 g/mol. The quantitative estimate of drug-likeness (QED) is 0.825. The van der Waals surface area contributed by atoms with E-state index >= 15 is 0 Å². The van der Waals surface area contributed by atoms with Crippen molar-refractivity contribution in [2.24, 2.45) is 0 Å². The summed E-state index contributed by atoms with van der Waals surface area (Å²) in [5.41, 5.74) is 0.927. The van der Waals surface area contributed by atoms with E-state index in [1.54, 1.807) is 16.0 Å². The van der Waals surface area contributed by atoms with Crippen molar-refractivity contribution in [2.75, 3.05) is 25.0 Å². The van der Waals surface area contributed by atoms with Crippen molar-refractivity contribution in [2.45, 2.75) is 33.4 Å². The molecule has 1 saturated heterocycles. The van der Waals surface area contributed by atoms with Crippen molar-refractivity contribution in [3.63, 3.8) is 0 Å². The summed E-state index contributed by atoms with van der Waals surface area (Å²) in [4.78, 5) is 31.6. The Balaban J connectivity index is 2.00. The number of hydrogen-bond donors (Lipinski definition) is 1. The molecule has 2 amide bonds. The fourth-order valence-corrected chi connectivity index (χ4v) is 2.36. The number of carbonyl (C=O) groups is 2. The number of rotatable bonds is 5. The molecule has 2 heterocycles.